The summed E-state index contributed by atoms with van der Waals surface area (Å²) in [7, 11) is -1.61. The van der Waals surface area contributed by atoms with E-state index in [-0.39, 0.29) is 43.9 Å². The molecule has 3 heterocycles. The Morgan fingerprint density at radius 3 is 2.67 bits per heavy atom. The summed E-state index contributed by atoms with van der Waals surface area (Å²) in [6, 6.07) is 2.08. The number of urea groups is 1. The second-order valence-corrected chi connectivity index (χ2v) is 9.22. The van der Waals surface area contributed by atoms with Gasteiger partial charge in [-0.25, -0.2) is 14.0 Å². The van der Waals surface area contributed by atoms with E-state index >= 15 is 0 Å². The zero-order valence-electron chi connectivity index (χ0n) is 20.9. The molecule has 0 bridgehead atoms. The smallest absolute Gasteiger partial charge is 0.526 e. The molecule has 4 rings (SSSR count). The van der Waals surface area contributed by atoms with Gasteiger partial charge in [-0.05, 0) is 18.1 Å². The van der Waals surface area contributed by atoms with E-state index in [4.69, 9.17) is 10.4 Å². The van der Waals surface area contributed by atoms with Gasteiger partial charge in [0.15, 0.2) is 11.6 Å². The largest absolute Gasteiger partial charge is 0.535 e. The van der Waals surface area contributed by atoms with Crippen molar-refractivity contribution >= 4 is 36.7 Å². The lowest BCUT2D eigenvalue weighted by molar-refractivity contribution is -0.153. The molecule has 2 atom stereocenters. The molecule has 16 heteroatoms. The van der Waals surface area contributed by atoms with Crippen LogP contribution in [-0.4, -0.2) is 92.9 Å². The number of benzene rings is 1. The lowest BCUT2D eigenvalue weighted by Gasteiger charge is -2.33. The van der Waals surface area contributed by atoms with E-state index in [0.29, 0.717) is 16.5 Å². The Bertz CT molecular complexity index is 1380. The fraction of sp³-hybridized carbons (Fsp3) is 0.333. The number of Topliss-reactive ketones (excluding diaryl/α,β-unsaturated/α-hetero) is 1. The molecule has 14 nitrogen and oxygen atoms in total. The molecule has 1 fully saturated rings. The van der Waals surface area contributed by atoms with Gasteiger partial charge in [0.2, 0.25) is 0 Å². The highest BCUT2D eigenvalue weighted by molar-refractivity contribution is 6.47. The number of halogens is 1. The Morgan fingerprint density at radius 1 is 1.25 bits per heavy atom. The zero-order valence-corrected chi connectivity index (χ0v) is 20.9. The van der Waals surface area contributed by atoms with Crippen LogP contribution in [0.25, 0.3) is 0 Å². The third-order valence-electron chi connectivity index (χ3n) is 6.59. The SMILES string of the molecule is NCCN1CCN(C(=O)N[C@H](C(=O)C[C@H]2Cc3cccc(C(=O)O)c3OB2O)c2ncc(O)cc2F)C(=O)C1=O. The molecule has 1 aromatic carbocycles. The average molecular weight is 557 g/mol. The number of carbonyl (C=O) groups is 5. The van der Waals surface area contributed by atoms with E-state index in [9.17, 15) is 43.6 Å². The first-order valence-corrected chi connectivity index (χ1v) is 12.2. The summed E-state index contributed by atoms with van der Waals surface area (Å²) in [5, 5.41) is 31.7. The first-order chi connectivity index (χ1) is 19.0. The van der Waals surface area contributed by atoms with Gasteiger partial charge in [0, 0.05) is 44.5 Å². The van der Waals surface area contributed by atoms with E-state index in [1.54, 1.807) is 6.07 Å². The molecular formula is C24H25BFN5O9. The molecule has 0 aliphatic carbocycles. The van der Waals surface area contributed by atoms with E-state index in [1.165, 1.54) is 17.0 Å². The van der Waals surface area contributed by atoms with Crippen LogP contribution in [-0.2, 0) is 20.8 Å². The van der Waals surface area contributed by atoms with E-state index in [2.05, 4.69) is 10.3 Å². The number of hydrogen-bond acceptors (Lipinski definition) is 10. The number of para-hydroxylation sites is 1. The van der Waals surface area contributed by atoms with Crippen molar-refractivity contribution in [1.29, 1.82) is 0 Å². The molecule has 6 N–H and O–H groups in total. The predicted octanol–water partition coefficient (Wildman–Crippen LogP) is -0.550. The van der Waals surface area contributed by atoms with Crippen molar-refractivity contribution in [1.82, 2.24) is 20.1 Å². The van der Waals surface area contributed by atoms with Crippen LogP contribution in [0.1, 0.15) is 34.1 Å². The minimum Gasteiger partial charge on any atom is -0.535 e. The van der Waals surface area contributed by atoms with Crippen molar-refractivity contribution in [3.63, 3.8) is 0 Å². The molecule has 0 spiro atoms. The van der Waals surface area contributed by atoms with Crippen LogP contribution in [0, 0.1) is 5.82 Å². The Balaban J connectivity index is 1.57. The third kappa shape index (κ3) is 5.72. The second-order valence-electron chi connectivity index (χ2n) is 9.22. The third-order valence-corrected chi connectivity index (χ3v) is 6.59. The van der Waals surface area contributed by atoms with E-state index in [1.807, 2.05) is 0 Å². The molecular weight excluding hydrogens is 532 g/mol. The number of pyridine rings is 1. The van der Waals surface area contributed by atoms with Gasteiger partial charge in [0.05, 0.1) is 11.8 Å². The van der Waals surface area contributed by atoms with Crippen LogP contribution in [0.3, 0.4) is 0 Å². The van der Waals surface area contributed by atoms with Gasteiger partial charge < -0.3 is 35.8 Å². The average Bonchev–Trinajstić information content (AvgIpc) is 2.90. The van der Waals surface area contributed by atoms with Gasteiger partial charge in [-0.15, -0.1) is 0 Å². The van der Waals surface area contributed by atoms with Crippen molar-refractivity contribution in [3.8, 4) is 11.5 Å². The summed E-state index contributed by atoms with van der Waals surface area (Å²) < 4.78 is 20.2. The van der Waals surface area contributed by atoms with Crippen LogP contribution < -0.4 is 15.7 Å². The van der Waals surface area contributed by atoms with Gasteiger partial charge in [-0.3, -0.25) is 24.3 Å². The first-order valence-electron chi connectivity index (χ1n) is 12.2. The number of rotatable bonds is 8. The molecule has 1 aromatic heterocycles. The van der Waals surface area contributed by atoms with Crippen molar-refractivity contribution in [3.05, 3.63) is 53.1 Å². The number of hydrogen-bond donors (Lipinski definition) is 5. The Labute approximate surface area is 226 Å². The Kier molecular flexibility index (Phi) is 8.30. The number of fused-ring (bicyclic) bond motifs is 1. The van der Waals surface area contributed by atoms with Gasteiger partial charge >= 0.3 is 30.9 Å². The highest BCUT2D eigenvalue weighted by Crippen LogP contribution is 2.37. The highest BCUT2D eigenvalue weighted by Gasteiger charge is 2.42. The summed E-state index contributed by atoms with van der Waals surface area (Å²) in [5.74, 6) is -6.88. The summed E-state index contributed by atoms with van der Waals surface area (Å²) in [6.07, 6.45) is 0.390. The van der Waals surface area contributed by atoms with Crippen LogP contribution in [0.5, 0.6) is 11.5 Å². The number of amides is 4. The van der Waals surface area contributed by atoms with E-state index < -0.39 is 72.3 Å². The number of nitrogens with zero attached hydrogens (tertiary/aromatic N) is 3. The number of ketones is 1. The van der Waals surface area contributed by atoms with Crippen molar-refractivity contribution < 1.29 is 48.3 Å². The summed E-state index contributed by atoms with van der Waals surface area (Å²) in [4.78, 5) is 68.3. The summed E-state index contributed by atoms with van der Waals surface area (Å²) >= 11 is 0. The Morgan fingerprint density at radius 2 is 2.00 bits per heavy atom. The van der Waals surface area contributed by atoms with Crippen LogP contribution in [0.2, 0.25) is 5.82 Å². The van der Waals surface area contributed by atoms with Crippen molar-refractivity contribution in [2.75, 3.05) is 26.2 Å². The fourth-order valence-electron chi connectivity index (χ4n) is 4.59. The molecule has 2 aliphatic heterocycles. The predicted molar refractivity (Wildman–Crippen MR) is 134 cm³/mol. The molecule has 4 amide bonds. The maximum atomic E-state index is 14.8. The molecule has 0 radical (unpaired) electrons. The minimum absolute atomic E-state index is 0.00295. The second kappa shape index (κ2) is 11.7. The molecule has 40 heavy (non-hydrogen) atoms. The zero-order chi connectivity index (χ0) is 29.1. The van der Waals surface area contributed by atoms with Gasteiger partial charge in [-0.2, -0.15) is 0 Å². The minimum atomic E-state index is -1.78. The summed E-state index contributed by atoms with van der Waals surface area (Å²) in [5.41, 5.74) is 5.10. The number of piperazine rings is 1. The topological polar surface area (TPSA) is 213 Å². The number of aromatic hydroxyl groups is 1. The molecule has 2 aliphatic rings. The van der Waals surface area contributed by atoms with Crippen LogP contribution >= 0.6 is 0 Å². The number of carboxylic acid groups (broad SMARTS) is 1. The summed E-state index contributed by atoms with van der Waals surface area (Å²) in [6.45, 7) is 0.00270. The Hall–Kier alpha value is -4.57. The van der Waals surface area contributed by atoms with Crippen molar-refractivity contribution in [2.24, 2.45) is 5.73 Å². The first kappa shape index (κ1) is 28.4. The molecule has 210 valence electrons. The number of aromatic carboxylic acids is 1. The lowest BCUT2D eigenvalue weighted by Crippen LogP contribution is -2.59. The van der Waals surface area contributed by atoms with Crippen LogP contribution in [0.4, 0.5) is 9.18 Å². The normalized spacial score (nSPS) is 17.7. The number of imide groups is 1. The van der Waals surface area contributed by atoms with Crippen LogP contribution in [0.15, 0.2) is 30.5 Å². The monoisotopic (exact) mass is 557 g/mol. The fourth-order valence-corrected chi connectivity index (χ4v) is 4.59. The number of carbonyl (C=O) groups excluding carboxylic acids is 4. The van der Waals surface area contributed by atoms with Crippen molar-refractivity contribution in [2.45, 2.75) is 24.7 Å². The molecule has 1 saturated heterocycles. The molecule has 2 aromatic rings. The maximum Gasteiger partial charge on any atom is 0.526 e. The maximum absolute atomic E-state index is 14.8. The lowest BCUT2D eigenvalue weighted by atomic mass is 9.64. The number of aromatic nitrogens is 1. The quantitative estimate of drug-likeness (QED) is 0.205. The van der Waals surface area contributed by atoms with E-state index in [0.717, 1.165) is 6.20 Å². The van der Waals surface area contributed by atoms with Gasteiger partial charge in [0.25, 0.3) is 0 Å². The number of nitrogens with one attached hydrogen (secondary N) is 1. The number of nitrogens with two attached hydrogens (primary N) is 1. The van der Waals surface area contributed by atoms with Gasteiger partial charge in [0.1, 0.15) is 23.2 Å². The number of carboxylic acids is 1. The molecule has 0 saturated carbocycles. The molecule has 0 unspecified atom stereocenters. The standard InChI is InChI=1S/C24H25BFN5O9/c26-16-10-14(32)11-28-18(16)19(29-24(38)31-7-6-30(5-4-27)21(34)22(31)35)17(33)9-13-8-12-2-1-3-15(23(36)37)20(12)40-25(13)39/h1-3,10-11,13,19,32,39H,4-9,27H2,(H,29,38)(H,36,37)/t13-,19-/m1/s1. The highest BCUT2D eigenvalue weighted by atomic mass is 19.1. The van der Waals surface area contributed by atoms with Gasteiger partial charge in [-0.1, -0.05) is 12.1 Å².